The number of nitrogens with zero attached hydrogens (tertiary/aromatic N) is 1. The maximum Gasteiger partial charge on any atom is 0.408 e. The van der Waals surface area contributed by atoms with Gasteiger partial charge in [-0.1, -0.05) is 74.5 Å². The summed E-state index contributed by atoms with van der Waals surface area (Å²) in [6, 6.07) is 14.5. The molecule has 242 valence electrons. The van der Waals surface area contributed by atoms with Crippen LogP contribution in [0.4, 0.5) is 4.79 Å². The van der Waals surface area contributed by atoms with Crippen molar-refractivity contribution in [2.75, 3.05) is 13.2 Å². The van der Waals surface area contributed by atoms with Gasteiger partial charge in [-0.2, -0.15) is 0 Å². The van der Waals surface area contributed by atoms with Crippen molar-refractivity contribution in [3.63, 3.8) is 0 Å². The fourth-order valence-electron chi connectivity index (χ4n) is 4.59. The molecule has 0 radical (unpaired) electrons. The lowest BCUT2D eigenvalue weighted by Gasteiger charge is -2.35. The molecule has 0 aliphatic heterocycles. The van der Waals surface area contributed by atoms with Gasteiger partial charge in [-0.15, -0.1) is 0 Å². The zero-order valence-corrected chi connectivity index (χ0v) is 27.3. The lowest BCUT2D eigenvalue weighted by molar-refractivity contribution is -0.159. The van der Waals surface area contributed by atoms with Crippen molar-refractivity contribution < 1.29 is 33.8 Å². The first kappa shape index (κ1) is 36.3. The summed E-state index contributed by atoms with van der Waals surface area (Å²) in [7, 11) is 0. The third kappa shape index (κ3) is 12.4. The summed E-state index contributed by atoms with van der Waals surface area (Å²) in [4.78, 5) is 55.6. The van der Waals surface area contributed by atoms with Crippen LogP contribution >= 0.6 is 0 Å². The van der Waals surface area contributed by atoms with Gasteiger partial charge in [0.2, 0.25) is 11.8 Å². The Labute approximate surface area is 261 Å². The highest BCUT2D eigenvalue weighted by molar-refractivity contribution is 5.94. The largest absolute Gasteiger partial charge is 0.458 e. The molecule has 3 N–H and O–H groups in total. The maximum atomic E-state index is 14.2. The standard InChI is InChI=1S/C34H49N3O7/c1-23(2)21-26(36-32(42)44-34(6,7)8)30(40)37(19-20-38)28(25-17-13-10-14-18-25)29(39)35-27(31(41)43-33(3,4)5)22-24-15-11-9-12-16-24/h9-18,23,26-28,38H,19-22H2,1-8H3,(H,35,39)(H,36,42). The number of carbonyl (C=O) groups is 4. The van der Waals surface area contributed by atoms with Crippen molar-refractivity contribution in [1.29, 1.82) is 0 Å². The molecule has 0 fully saturated rings. The summed E-state index contributed by atoms with van der Waals surface area (Å²) < 4.78 is 11.1. The second kappa shape index (κ2) is 16.2. The molecule has 10 nitrogen and oxygen atoms in total. The van der Waals surface area contributed by atoms with Crippen LogP contribution in [-0.4, -0.2) is 70.3 Å². The number of hydrogen-bond donors (Lipinski definition) is 3. The molecule has 2 rings (SSSR count). The molecule has 0 aliphatic carbocycles. The monoisotopic (exact) mass is 611 g/mol. The molecule has 3 unspecified atom stereocenters. The Bertz CT molecular complexity index is 1220. The molecule has 2 aromatic carbocycles. The average molecular weight is 612 g/mol. The number of hydrogen-bond acceptors (Lipinski definition) is 7. The lowest BCUT2D eigenvalue weighted by atomic mass is 9.98. The van der Waals surface area contributed by atoms with E-state index >= 15 is 0 Å². The van der Waals surface area contributed by atoms with E-state index in [0.717, 1.165) is 5.56 Å². The highest BCUT2D eigenvalue weighted by Crippen LogP contribution is 2.24. The second-order valence-corrected chi connectivity index (χ2v) is 13.2. The third-order valence-corrected chi connectivity index (χ3v) is 6.29. The van der Waals surface area contributed by atoms with Gasteiger partial charge in [0, 0.05) is 13.0 Å². The molecule has 0 saturated carbocycles. The molecule has 0 heterocycles. The van der Waals surface area contributed by atoms with Crippen LogP contribution in [-0.2, 0) is 30.3 Å². The molecule has 0 spiro atoms. The van der Waals surface area contributed by atoms with Gasteiger partial charge in [-0.05, 0) is 65.0 Å². The smallest absolute Gasteiger partial charge is 0.408 e. The zero-order chi connectivity index (χ0) is 33.1. The van der Waals surface area contributed by atoms with Crippen molar-refractivity contribution in [1.82, 2.24) is 15.5 Å². The zero-order valence-electron chi connectivity index (χ0n) is 27.3. The Morgan fingerprint density at radius 2 is 1.34 bits per heavy atom. The number of carbonyl (C=O) groups excluding carboxylic acids is 4. The van der Waals surface area contributed by atoms with E-state index in [4.69, 9.17) is 9.47 Å². The molecular formula is C34H49N3O7. The minimum absolute atomic E-state index is 0.00119. The first-order valence-corrected chi connectivity index (χ1v) is 15.0. The number of ether oxygens (including phenoxy) is 2. The Kier molecular flexibility index (Phi) is 13.4. The van der Waals surface area contributed by atoms with Crippen LogP contribution in [0.15, 0.2) is 60.7 Å². The van der Waals surface area contributed by atoms with Gasteiger partial charge in [0.25, 0.3) is 0 Å². The van der Waals surface area contributed by atoms with Crippen molar-refractivity contribution >= 4 is 23.9 Å². The van der Waals surface area contributed by atoms with Crippen LogP contribution in [0.5, 0.6) is 0 Å². The van der Waals surface area contributed by atoms with Crippen LogP contribution in [0.3, 0.4) is 0 Å². The lowest BCUT2D eigenvalue weighted by Crippen LogP contribution is -2.55. The Balaban J connectivity index is 2.52. The minimum atomic E-state index is -1.23. The van der Waals surface area contributed by atoms with E-state index in [1.165, 1.54) is 4.90 Å². The fourth-order valence-corrected chi connectivity index (χ4v) is 4.59. The number of rotatable bonds is 13. The van der Waals surface area contributed by atoms with E-state index in [9.17, 15) is 24.3 Å². The third-order valence-electron chi connectivity index (χ3n) is 6.29. The van der Waals surface area contributed by atoms with Gasteiger partial charge >= 0.3 is 12.1 Å². The predicted octanol–water partition coefficient (Wildman–Crippen LogP) is 4.56. The molecule has 0 saturated heterocycles. The Morgan fingerprint density at radius 1 is 0.795 bits per heavy atom. The van der Waals surface area contributed by atoms with Gasteiger partial charge in [0.15, 0.2) is 0 Å². The highest BCUT2D eigenvalue weighted by Gasteiger charge is 2.38. The van der Waals surface area contributed by atoms with Gasteiger partial charge < -0.3 is 30.1 Å². The number of nitrogens with one attached hydrogen (secondary N) is 2. The summed E-state index contributed by atoms with van der Waals surface area (Å²) in [5.74, 6) is -1.82. The number of esters is 1. The molecule has 44 heavy (non-hydrogen) atoms. The maximum absolute atomic E-state index is 14.2. The predicted molar refractivity (Wildman–Crippen MR) is 169 cm³/mol. The van der Waals surface area contributed by atoms with Crippen LogP contribution in [0.2, 0.25) is 0 Å². The van der Waals surface area contributed by atoms with Gasteiger partial charge in [0.1, 0.15) is 29.3 Å². The topological polar surface area (TPSA) is 134 Å². The van der Waals surface area contributed by atoms with Crippen molar-refractivity contribution in [3.05, 3.63) is 71.8 Å². The fraction of sp³-hybridized carbons (Fsp3) is 0.529. The summed E-state index contributed by atoms with van der Waals surface area (Å²) in [5, 5.41) is 15.5. The summed E-state index contributed by atoms with van der Waals surface area (Å²) in [6.45, 7) is 13.6. The van der Waals surface area contributed by atoms with Crippen molar-refractivity contribution in [3.8, 4) is 0 Å². The number of benzene rings is 2. The van der Waals surface area contributed by atoms with Gasteiger partial charge in [-0.25, -0.2) is 9.59 Å². The summed E-state index contributed by atoms with van der Waals surface area (Å²) in [6.07, 6.45) is -0.348. The first-order valence-electron chi connectivity index (χ1n) is 15.0. The molecular weight excluding hydrogens is 562 g/mol. The van der Waals surface area contributed by atoms with E-state index < -0.39 is 59.8 Å². The molecule has 10 heteroatoms. The minimum Gasteiger partial charge on any atom is -0.458 e. The van der Waals surface area contributed by atoms with Crippen LogP contribution < -0.4 is 10.6 Å². The molecule has 3 atom stereocenters. The van der Waals surface area contributed by atoms with E-state index in [1.807, 2.05) is 44.2 Å². The van der Waals surface area contributed by atoms with E-state index in [0.29, 0.717) is 5.56 Å². The summed E-state index contributed by atoms with van der Waals surface area (Å²) >= 11 is 0. The van der Waals surface area contributed by atoms with Crippen LogP contribution in [0, 0.1) is 5.92 Å². The highest BCUT2D eigenvalue weighted by atomic mass is 16.6. The van der Waals surface area contributed by atoms with Gasteiger partial charge in [-0.3, -0.25) is 9.59 Å². The number of alkyl carbamates (subject to hydrolysis) is 1. The number of aliphatic hydroxyl groups is 1. The van der Waals surface area contributed by atoms with Crippen LogP contribution in [0.25, 0.3) is 0 Å². The SMILES string of the molecule is CC(C)CC(NC(=O)OC(C)(C)C)C(=O)N(CCO)C(C(=O)NC(Cc1ccccc1)C(=O)OC(C)(C)C)c1ccccc1. The van der Waals surface area contributed by atoms with Gasteiger partial charge in [0.05, 0.1) is 6.61 Å². The van der Waals surface area contributed by atoms with E-state index in [1.54, 1.807) is 71.9 Å². The first-order chi connectivity index (χ1) is 20.5. The molecule has 0 bridgehead atoms. The molecule has 0 aromatic heterocycles. The van der Waals surface area contributed by atoms with E-state index in [2.05, 4.69) is 10.6 Å². The Morgan fingerprint density at radius 3 is 1.84 bits per heavy atom. The Hall–Kier alpha value is -3.92. The molecule has 0 aliphatic rings. The van der Waals surface area contributed by atoms with Crippen molar-refractivity contribution in [2.45, 2.75) is 97.6 Å². The summed E-state index contributed by atoms with van der Waals surface area (Å²) in [5.41, 5.74) is -0.314. The number of amides is 3. The quantitative estimate of drug-likeness (QED) is 0.283. The second-order valence-electron chi connectivity index (χ2n) is 13.2. The molecule has 2 aromatic rings. The van der Waals surface area contributed by atoms with E-state index in [-0.39, 0.29) is 25.3 Å². The van der Waals surface area contributed by atoms with Crippen molar-refractivity contribution in [2.24, 2.45) is 5.92 Å². The number of aliphatic hydroxyl groups excluding tert-OH is 1. The normalized spacial score (nSPS) is 13.8. The average Bonchev–Trinajstić information content (AvgIpc) is 2.90. The van der Waals surface area contributed by atoms with Crippen LogP contribution in [0.1, 0.15) is 79.0 Å². The molecule has 3 amide bonds.